The standard InChI is InChI=1S/C12H16N2/c1-9-6-7-10(13-5)11(8-9)14-12(2,3)4/h6-8,14H,1-4H3. The first-order chi connectivity index (χ1) is 6.42. The highest BCUT2D eigenvalue weighted by atomic mass is 15.0. The summed E-state index contributed by atoms with van der Waals surface area (Å²) in [6.07, 6.45) is 0. The largest absolute Gasteiger partial charge is 0.389 e. The van der Waals surface area contributed by atoms with Crippen molar-refractivity contribution in [2.75, 3.05) is 5.32 Å². The van der Waals surface area contributed by atoms with Gasteiger partial charge in [0.05, 0.1) is 6.57 Å². The molecule has 0 aromatic heterocycles. The zero-order valence-electron chi connectivity index (χ0n) is 9.18. The molecule has 0 bridgehead atoms. The van der Waals surface area contributed by atoms with Crippen molar-refractivity contribution < 1.29 is 0 Å². The van der Waals surface area contributed by atoms with E-state index in [9.17, 15) is 0 Å². The summed E-state index contributed by atoms with van der Waals surface area (Å²) in [5, 5.41) is 3.33. The maximum absolute atomic E-state index is 7.05. The molecule has 0 saturated carbocycles. The lowest BCUT2D eigenvalue weighted by atomic mass is 10.1. The van der Waals surface area contributed by atoms with Crippen molar-refractivity contribution in [3.05, 3.63) is 35.2 Å². The van der Waals surface area contributed by atoms with E-state index in [1.165, 1.54) is 5.56 Å². The average molecular weight is 188 g/mol. The van der Waals surface area contributed by atoms with E-state index < -0.39 is 0 Å². The normalized spacial score (nSPS) is 10.8. The Morgan fingerprint density at radius 2 is 1.93 bits per heavy atom. The smallest absolute Gasteiger partial charge is 0.209 e. The lowest BCUT2D eigenvalue weighted by Gasteiger charge is -2.23. The van der Waals surface area contributed by atoms with Crippen LogP contribution in [0.2, 0.25) is 0 Å². The second kappa shape index (κ2) is 3.71. The van der Waals surface area contributed by atoms with Crippen LogP contribution in [0.1, 0.15) is 26.3 Å². The van der Waals surface area contributed by atoms with Gasteiger partial charge < -0.3 is 5.32 Å². The predicted octanol–water partition coefficient (Wildman–Crippen LogP) is 3.76. The third-order valence-electron chi connectivity index (χ3n) is 1.78. The summed E-state index contributed by atoms with van der Waals surface area (Å²) >= 11 is 0. The number of hydrogen-bond donors (Lipinski definition) is 1. The van der Waals surface area contributed by atoms with Gasteiger partial charge in [-0.1, -0.05) is 17.7 Å². The van der Waals surface area contributed by atoms with E-state index in [-0.39, 0.29) is 5.54 Å². The Morgan fingerprint density at radius 1 is 1.29 bits per heavy atom. The summed E-state index contributed by atoms with van der Waals surface area (Å²) in [6, 6.07) is 5.83. The Labute approximate surface area is 85.8 Å². The molecule has 74 valence electrons. The molecular weight excluding hydrogens is 172 g/mol. The molecular formula is C12H16N2. The number of anilines is 1. The van der Waals surface area contributed by atoms with Gasteiger partial charge in [-0.05, 0) is 33.8 Å². The lowest BCUT2D eigenvalue weighted by molar-refractivity contribution is 0.634. The summed E-state index contributed by atoms with van der Waals surface area (Å²) in [4.78, 5) is 3.48. The van der Waals surface area contributed by atoms with Gasteiger partial charge in [-0.2, -0.15) is 0 Å². The molecule has 0 amide bonds. The summed E-state index contributed by atoms with van der Waals surface area (Å²) in [7, 11) is 0. The van der Waals surface area contributed by atoms with Gasteiger partial charge in [-0.25, -0.2) is 4.85 Å². The van der Waals surface area contributed by atoms with E-state index in [1.54, 1.807) is 0 Å². The number of rotatable bonds is 1. The van der Waals surface area contributed by atoms with Gasteiger partial charge in [0.15, 0.2) is 0 Å². The zero-order valence-corrected chi connectivity index (χ0v) is 9.18. The first kappa shape index (κ1) is 10.6. The monoisotopic (exact) mass is 188 g/mol. The van der Waals surface area contributed by atoms with Crippen LogP contribution in [0.25, 0.3) is 4.85 Å². The van der Waals surface area contributed by atoms with E-state index in [4.69, 9.17) is 6.57 Å². The Morgan fingerprint density at radius 3 is 2.43 bits per heavy atom. The van der Waals surface area contributed by atoms with Crippen LogP contribution < -0.4 is 5.32 Å². The second-order valence-electron chi connectivity index (χ2n) is 4.51. The van der Waals surface area contributed by atoms with Gasteiger partial charge in [-0.3, -0.25) is 0 Å². The van der Waals surface area contributed by atoms with E-state index in [1.807, 2.05) is 25.1 Å². The summed E-state index contributed by atoms with van der Waals surface area (Å²) in [5.74, 6) is 0. The maximum Gasteiger partial charge on any atom is 0.209 e. The van der Waals surface area contributed by atoms with E-state index in [2.05, 4.69) is 30.9 Å². The molecule has 1 aromatic carbocycles. The number of hydrogen-bond acceptors (Lipinski definition) is 1. The van der Waals surface area contributed by atoms with Crippen LogP contribution >= 0.6 is 0 Å². The molecule has 0 saturated heterocycles. The molecule has 0 aliphatic heterocycles. The van der Waals surface area contributed by atoms with E-state index >= 15 is 0 Å². The molecule has 0 spiro atoms. The Bertz CT molecular complexity index is 367. The fourth-order valence-corrected chi connectivity index (χ4v) is 1.25. The van der Waals surface area contributed by atoms with Crippen LogP contribution in [0.15, 0.2) is 18.2 Å². The highest BCUT2D eigenvalue weighted by Gasteiger charge is 2.11. The van der Waals surface area contributed by atoms with Gasteiger partial charge in [0, 0.05) is 11.2 Å². The average Bonchev–Trinajstić information content (AvgIpc) is 2.01. The van der Waals surface area contributed by atoms with Crippen LogP contribution in [-0.4, -0.2) is 5.54 Å². The quantitative estimate of drug-likeness (QED) is 0.664. The molecule has 0 radical (unpaired) electrons. The maximum atomic E-state index is 7.05. The van der Waals surface area contributed by atoms with Crippen LogP contribution in [0.5, 0.6) is 0 Å². The van der Waals surface area contributed by atoms with Crippen LogP contribution in [-0.2, 0) is 0 Å². The zero-order chi connectivity index (χ0) is 10.8. The fourth-order valence-electron chi connectivity index (χ4n) is 1.25. The van der Waals surface area contributed by atoms with Crippen molar-refractivity contribution in [1.29, 1.82) is 0 Å². The lowest BCUT2D eigenvalue weighted by Crippen LogP contribution is -2.26. The predicted molar refractivity (Wildman–Crippen MR) is 60.8 cm³/mol. The molecule has 0 heterocycles. The molecule has 0 atom stereocenters. The highest BCUT2D eigenvalue weighted by Crippen LogP contribution is 2.28. The second-order valence-corrected chi connectivity index (χ2v) is 4.51. The third-order valence-corrected chi connectivity index (χ3v) is 1.78. The van der Waals surface area contributed by atoms with E-state index in [0.29, 0.717) is 5.69 Å². The van der Waals surface area contributed by atoms with Crippen molar-refractivity contribution in [3.8, 4) is 0 Å². The van der Waals surface area contributed by atoms with Crippen LogP contribution in [0, 0.1) is 13.5 Å². The first-order valence-corrected chi connectivity index (χ1v) is 4.69. The van der Waals surface area contributed by atoms with Gasteiger partial charge in [-0.15, -0.1) is 0 Å². The van der Waals surface area contributed by atoms with Crippen molar-refractivity contribution in [2.45, 2.75) is 33.2 Å². The minimum atomic E-state index is -0.00671. The van der Waals surface area contributed by atoms with Crippen molar-refractivity contribution in [3.63, 3.8) is 0 Å². The minimum Gasteiger partial charge on any atom is -0.389 e. The number of nitrogens with zero attached hydrogens (tertiary/aromatic N) is 1. The Kier molecular flexibility index (Phi) is 2.81. The topological polar surface area (TPSA) is 16.4 Å². The number of aryl methyl sites for hydroxylation is 1. The molecule has 0 fully saturated rings. The molecule has 2 heteroatoms. The number of nitrogens with one attached hydrogen (secondary N) is 1. The van der Waals surface area contributed by atoms with Gasteiger partial charge in [0.25, 0.3) is 0 Å². The summed E-state index contributed by atoms with van der Waals surface area (Å²) in [6.45, 7) is 15.3. The molecule has 0 unspecified atom stereocenters. The van der Waals surface area contributed by atoms with Crippen molar-refractivity contribution >= 4 is 11.4 Å². The Balaban J connectivity index is 3.07. The van der Waals surface area contributed by atoms with Crippen molar-refractivity contribution in [1.82, 2.24) is 0 Å². The molecule has 14 heavy (non-hydrogen) atoms. The van der Waals surface area contributed by atoms with Gasteiger partial charge in [0.2, 0.25) is 5.69 Å². The van der Waals surface area contributed by atoms with E-state index in [0.717, 1.165) is 5.69 Å². The minimum absolute atomic E-state index is 0.00671. The molecule has 2 nitrogen and oxygen atoms in total. The third kappa shape index (κ3) is 2.77. The SMILES string of the molecule is [C-]#[N+]c1ccc(C)cc1NC(C)(C)C. The molecule has 0 aliphatic rings. The van der Waals surface area contributed by atoms with Gasteiger partial charge in [0.1, 0.15) is 0 Å². The molecule has 0 aliphatic carbocycles. The van der Waals surface area contributed by atoms with Crippen molar-refractivity contribution in [2.24, 2.45) is 0 Å². The fraction of sp³-hybridized carbons (Fsp3) is 0.417. The summed E-state index contributed by atoms with van der Waals surface area (Å²) in [5.41, 5.74) is 2.77. The molecule has 1 N–H and O–H groups in total. The van der Waals surface area contributed by atoms with Crippen LogP contribution in [0.3, 0.4) is 0 Å². The Hall–Kier alpha value is -1.49. The highest BCUT2D eigenvalue weighted by molar-refractivity contribution is 5.71. The first-order valence-electron chi connectivity index (χ1n) is 4.69. The number of benzene rings is 1. The molecule has 1 rings (SSSR count). The van der Waals surface area contributed by atoms with Crippen LogP contribution in [0.4, 0.5) is 11.4 Å². The molecule has 1 aromatic rings. The van der Waals surface area contributed by atoms with Gasteiger partial charge >= 0.3 is 0 Å². The summed E-state index contributed by atoms with van der Waals surface area (Å²) < 4.78 is 0.